The second-order valence-electron chi connectivity index (χ2n) is 9.49. The molecule has 1 unspecified atom stereocenters. The van der Waals surface area contributed by atoms with Gasteiger partial charge in [0.05, 0.1) is 15.7 Å². The number of hydrogen-bond donors (Lipinski definition) is 3. The lowest BCUT2D eigenvalue weighted by atomic mass is 10.1. The molecule has 4 aromatic carbocycles. The molecule has 0 aliphatic carbocycles. The molecule has 0 saturated heterocycles. The quantitative estimate of drug-likeness (QED) is 0.0756. The van der Waals surface area contributed by atoms with Crippen LogP contribution < -0.4 is 16.0 Å². The molecule has 0 radical (unpaired) electrons. The Morgan fingerprint density at radius 3 is 2.30 bits per heavy atom. The van der Waals surface area contributed by atoms with Gasteiger partial charge in [0.2, 0.25) is 5.91 Å². The van der Waals surface area contributed by atoms with Crippen molar-refractivity contribution in [2.24, 2.45) is 0 Å². The number of benzene rings is 4. The average molecular weight is 595 g/mol. The van der Waals surface area contributed by atoms with Crippen LogP contribution in [0.4, 0.5) is 17.1 Å². The Kier molecular flexibility index (Phi) is 10.4. The monoisotopic (exact) mass is 594 g/mol. The summed E-state index contributed by atoms with van der Waals surface area (Å²) in [5.41, 5.74) is 2.22. The third-order valence-electron chi connectivity index (χ3n) is 6.40. The summed E-state index contributed by atoms with van der Waals surface area (Å²) < 4.78 is 0. The number of amides is 3. The van der Waals surface area contributed by atoms with E-state index in [9.17, 15) is 24.5 Å². The predicted octanol–water partition coefficient (Wildman–Crippen LogP) is 6.82. The minimum Gasteiger partial charge on any atom is -0.325 e. The highest BCUT2D eigenvalue weighted by Crippen LogP contribution is 2.29. The van der Waals surface area contributed by atoms with Gasteiger partial charge >= 0.3 is 0 Å². The molecule has 0 aromatic heterocycles. The number of nitro benzene ring substituents is 1. The fraction of sp³-hybridized carbons (Fsp3) is 0.121. The van der Waals surface area contributed by atoms with Gasteiger partial charge in [-0.15, -0.1) is 11.8 Å². The number of carbonyl (C=O) groups excluding carboxylic acids is 3. The summed E-state index contributed by atoms with van der Waals surface area (Å²) in [7, 11) is 0. The summed E-state index contributed by atoms with van der Waals surface area (Å²) in [6, 6.07) is 28.8. The average Bonchev–Trinajstić information content (AvgIpc) is 3.01. The van der Waals surface area contributed by atoms with E-state index < -0.39 is 16.7 Å². The Labute approximate surface area is 253 Å². The van der Waals surface area contributed by atoms with Crippen molar-refractivity contribution in [1.29, 1.82) is 0 Å². The second kappa shape index (κ2) is 14.6. The van der Waals surface area contributed by atoms with Crippen molar-refractivity contribution >= 4 is 52.6 Å². The number of nitro groups is 1. The number of hydrogen-bond acceptors (Lipinski definition) is 6. The zero-order chi connectivity index (χ0) is 30.8. The summed E-state index contributed by atoms with van der Waals surface area (Å²) in [4.78, 5) is 51.2. The predicted molar refractivity (Wildman–Crippen MR) is 170 cm³/mol. The first-order valence-corrected chi connectivity index (χ1v) is 14.4. The fourth-order valence-corrected chi connectivity index (χ4v) is 5.15. The Balaban J connectivity index is 1.55. The molecule has 43 heavy (non-hydrogen) atoms. The molecule has 0 heterocycles. The first kappa shape index (κ1) is 30.7. The fourth-order valence-electron chi connectivity index (χ4n) is 4.13. The maximum atomic E-state index is 13.5. The molecule has 4 aromatic rings. The van der Waals surface area contributed by atoms with Gasteiger partial charge < -0.3 is 16.0 Å². The highest BCUT2D eigenvalue weighted by atomic mass is 32.2. The molecule has 4 rings (SSSR count). The van der Waals surface area contributed by atoms with E-state index in [1.165, 1.54) is 36.0 Å². The van der Waals surface area contributed by atoms with Crippen LogP contribution in [0, 0.1) is 17.0 Å². The Morgan fingerprint density at radius 1 is 0.884 bits per heavy atom. The van der Waals surface area contributed by atoms with Crippen molar-refractivity contribution in [2.75, 3.05) is 10.6 Å². The molecule has 0 aliphatic heterocycles. The minimum absolute atomic E-state index is 0.130. The smallest absolute Gasteiger partial charge is 0.276 e. The van der Waals surface area contributed by atoms with Crippen LogP contribution in [0.3, 0.4) is 0 Å². The molecule has 0 bridgehead atoms. The van der Waals surface area contributed by atoms with Crippen molar-refractivity contribution in [1.82, 2.24) is 5.32 Å². The molecule has 3 amide bonds. The van der Waals surface area contributed by atoms with Crippen LogP contribution in [-0.2, 0) is 9.59 Å². The lowest BCUT2D eigenvalue weighted by molar-refractivity contribution is -0.385. The van der Waals surface area contributed by atoms with Gasteiger partial charge in [0, 0.05) is 27.9 Å². The summed E-state index contributed by atoms with van der Waals surface area (Å²) in [6.45, 7) is 3.85. The van der Waals surface area contributed by atoms with Gasteiger partial charge in [-0.25, -0.2) is 0 Å². The van der Waals surface area contributed by atoms with Gasteiger partial charge in [0.25, 0.3) is 17.5 Å². The number of carbonyl (C=O) groups is 3. The van der Waals surface area contributed by atoms with E-state index in [0.717, 1.165) is 16.1 Å². The molecule has 218 valence electrons. The van der Waals surface area contributed by atoms with Gasteiger partial charge in [-0.2, -0.15) is 0 Å². The van der Waals surface area contributed by atoms with Crippen molar-refractivity contribution < 1.29 is 19.3 Å². The first-order chi connectivity index (χ1) is 20.7. The largest absolute Gasteiger partial charge is 0.325 e. The number of para-hydroxylation sites is 2. The Hall–Kier alpha value is -5.22. The number of thioether (sulfide) groups is 1. The molecular weight excluding hydrogens is 564 g/mol. The molecule has 0 saturated carbocycles. The summed E-state index contributed by atoms with van der Waals surface area (Å²) in [5.74, 6) is -1.35. The van der Waals surface area contributed by atoms with Crippen molar-refractivity contribution in [3.05, 3.63) is 136 Å². The maximum absolute atomic E-state index is 13.5. The lowest BCUT2D eigenvalue weighted by Crippen LogP contribution is -2.30. The van der Waals surface area contributed by atoms with Crippen LogP contribution in [0.2, 0.25) is 0 Å². The van der Waals surface area contributed by atoms with Crippen molar-refractivity contribution in [2.45, 2.75) is 30.4 Å². The molecule has 9 nitrogen and oxygen atoms in total. The molecule has 0 spiro atoms. The van der Waals surface area contributed by atoms with Crippen LogP contribution in [0.25, 0.3) is 6.08 Å². The highest BCUT2D eigenvalue weighted by molar-refractivity contribution is 8.00. The summed E-state index contributed by atoms with van der Waals surface area (Å²) in [6.07, 6.45) is 1.85. The van der Waals surface area contributed by atoms with Crippen LogP contribution >= 0.6 is 11.8 Å². The van der Waals surface area contributed by atoms with E-state index in [1.54, 1.807) is 54.6 Å². The second-order valence-corrected chi connectivity index (χ2v) is 10.8. The van der Waals surface area contributed by atoms with Gasteiger partial charge in [-0.1, -0.05) is 61.5 Å². The SMILES string of the molecule is CCC(Sc1cccc(NC(=O)/C(=C\c2ccccc2[N+](=O)[O-])NC(=O)c2ccccc2)c1)C(=O)Nc1ccccc1C. The van der Waals surface area contributed by atoms with Crippen molar-refractivity contribution in [3.63, 3.8) is 0 Å². The number of nitrogens with zero attached hydrogens (tertiary/aromatic N) is 1. The van der Waals surface area contributed by atoms with Crippen LogP contribution in [0.15, 0.2) is 114 Å². The van der Waals surface area contributed by atoms with Gasteiger partial charge in [0.15, 0.2) is 0 Å². The number of nitrogens with one attached hydrogen (secondary N) is 3. The zero-order valence-electron chi connectivity index (χ0n) is 23.6. The Bertz CT molecular complexity index is 1670. The number of aryl methyl sites for hydroxylation is 1. The summed E-state index contributed by atoms with van der Waals surface area (Å²) >= 11 is 1.36. The van der Waals surface area contributed by atoms with E-state index in [0.29, 0.717) is 17.7 Å². The third kappa shape index (κ3) is 8.40. The topological polar surface area (TPSA) is 130 Å². The van der Waals surface area contributed by atoms with E-state index in [-0.39, 0.29) is 28.1 Å². The molecular formula is C33H30N4O5S. The van der Waals surface area contributed by atoms with Gasteiger partial charge in [-0.05, 0) is 67.4 Å². The number of rotatable bonds is 11. The first-order valence-electron chi connectivity index (χ1n) is 13.5. The Morgan fingerprint density at radius 2 is 1.58 bits per heavy atom. The van der Waals surface area contributed by atoms with E-state index in [1.807, 2.05) is 44.2 Å². The molecule has 0 fully saturated rings. The normalized spacial score (nSPS) is 11.7. The third-order valence-corrected chi connectivity index (χ3v) is 7.76. The lowest BCUT2D eigenvalue weighted by Gasteiger charge is -2.17. The zero-order valence-corrected chi connectivity index (χ0v) is 24.4. The van der Waals surface area contributed by atoms with Crippen LogP contribution in [-0.4, -0.2) is 27.9 Å². The van der Waals surface area contributed by atoms with Gasteiger partial charge in [0.1, 0.15) is 5.70 Å². The maximum Gasteiger partial charge on any atom is 0.276 e. The molecule has 1 atom stereocenters. The molecule has 3 N–H and O–H groups in total. The van der Waals surface area contributed by atoms with E-state index in [2.05, 4.69) is 16.0 Å². The van der Waals surface area contributed by atoms with Crippen molar-refractivity contribution in [3.8, 4) is 0 Å². The van der Waals surface area contributed by atoms with Crippen LogP contribution in [0.5, 0.6) is 0 Å². The highest BCUT2D eigenvalue weighted by Gasteiger charge is 2.21. The van der Waals surface area contributed by atoms with Crippen LogP contribution in [0.1, 0.15) is 34.8 Å². The number of anilines is 2. The van der Waals surface area contributed by atoms with Gasteiger partial charge in [-0.3, -0.25) is 24.5 Å². The standard InChI is InChI=1S/C33H30N4O5S/c1-3-30(33(40)35-27-18-9-7-12-22(27)2)43-26-17-11-16-25(21-26)34-32(39)28(36-31(38)23-13-5-4-6-14-23)20-24-15-8-10-19-29(24)37(41)42/h4-21,30H,3H2,1-2H3,(H,34,39)(H,35,40)(H,36,38)/b28-20+. The van der Waals surface area contributed by atoms with E-state index >= 15 is 0 Å². The molecule has 0 aliphatic rings. The summed E-state index contributed by atoms with van der Waals surface area (Å²) in [5, 5.41) is 19.5. The van der Waals surface area contributed by atoms with E-state index in [4.69, 9.17) is 0 Å². The minimum atomic E-state index is -0.672. The molecule has 10 heteroatoms.